The van der Waals surface area contributed by atoms with E-state index < -0.39 is 0 Å². The fraction of sp³-hybridized carbons (Fsp3) is 0.923. The molecule has 0 aliphatic rings. The highest BCUT2D eigenvalue weighted by molar-refractivity contribution is 6.17. The van der Waals surface area contributed by atoms with E-state index in [4.69, 9.17) is 21.1 Å². The monoisotopic (exact) mass is 279 g/mol. The first-order valence-corrected chi connectivity index (χ1v) is 7.32. The van der Waals surface area contributed by atoms with Gasteiger partial charge in [0.1, 0.15) is 0 Å². The van der Waals surface area contributed by atoms with Gasteiger partial charge in [0.05, 0.1) is 19.8 Å². The van der Waals surface area contributed by atoms with Crippen molar-refractivity contribution in [1.29, 1.82) is 0 Å². The number of carbonyl (C=O) groups is 1. The van der Waals surface area contributed by atoms with Crippen LogP contribution < -0.4 is 5.32 Å². The second-order valence-electron chi connectivity index (χ2n) is 4.03. The topological polar surface area (TPSA) is 47.6 Å². The quantitative estimate of drug-likeness (QED) is 0.416. The molecular weight excluding hydrogens is 254 g/mol. The van der Waals surface area contributed by atoms with Crippen molar-refractivity contribution >= 4 is 17.5 Å². The third-order valence-corrected chi connectivity index (χ3v) is 2.61. The molecule has 0 aromatic heterocycles. The maximum absolute atomic E-state index is 10.9. The summed E-state index contributed by atoms with van der Waals surface area (Å²) in [5.41, 5.74) is 0. The molecule has 0 rings (SSSR count). The number of alkyl halides is 1. The highest BCUT2D eigenvalue weighted by Crippen LogP contribution is 1.99. The van der Waals surface area contributed by atoms with Gasteiger partial charge in [0, 0.05) is 25.5 Å². The normalized spacial score (nSPS) is 10.6. The molecule has 0 aliphatic heterocycles. The number of unbranched alkanes of at least 4 members (excludes halogenated alkanes) is 3. The average Bonchev–Trinajstić information content (AvgIpc) is 2.39. The number of hydrogen-bond donors (Lipinski definition) is 1. The molecule has 0 saturated heterocycles. The zero-order valence-corrected chi connectivity index (χ0v) is 12.1. The minimum absolute atomic E-state index is 0.135. The Hall–Kier alpha value is -0.320. The Bertz CT molecular complexity index is 191. The molecule has 0 radical (unpaired) electrons. The number of ether oxygens (including phenoxy) is 2. The maximum Gasteiger partial charge on any atom is 0.219 e. The zero-order valence-electron chi connectivity index (χ0n) is 11.4. The lowest BCUT2D eigenvalue weighted by Crippen LogP contribution is -2.23. The Kier molecular flexibility index (Phi) is 14.5. The van der Waals surface area contributed by atoms with Crippen molar-refractivity contribution in [1.82, 2.24) is 5.32 Å². The van der Waals surface area contributed by atoms with Gasteiger partial charge >= 0.3 is 0 Å². The first kappa shape index (κ1) is 17.7. The lowest BCUT2D eigenvalue weighted by molar-refractivity contribution is -0.120. The first-order valence-electron chi connectivity index (χ1n) is 6.79. The third kappa shape index (κ3) is 13.7. The predicted molar refractivity (Wildman–Crippen MR) is 74.1 cm³/mol. The van der Waals surface area contributed by atoms with Crippen LogP contribution in [0.15, 0.2) is 0 Å². The van der Waals surface area contributed by atoms with Crippen molar-refractivity contribution in [3.8, 4) is 0 Å². The Labute approximate surface area is 115 Å². The zero-order chi connectivity index (χ0) is 13.5. The molecule has 0 bridgehead atoms. The van der Waals surface area contributed by atoms with Gasteiger partial charge < -0.3 is 14.8 Å². The smallest absolute Gasteiger partial charge is 0.219 e. The summed E-state index contributed by atoms with van der Waals surface area (Å²) in [5.74, 6) is 0.671. The van der Waals surface area contributed by atoms with Gasteiger partial charge in [0.15, 0.2) is 0 Å². The Morgan fingerprint density at radius 1 is 1.00 bits per heavy atom. The molecule has 0 spiro atoms. The molecule has 0 aliphatic carbocycles. The minimum Gasteiger partial charge on any atom is -0.379 e. The van der Waals surface area contributed by atoms with Crippen molar-refractivity contribution in [2.24, 2.45) is 0 Å². The summed E-state index contributed by atoms with van der Waals surface area (Å²) in [7, 11) is 0. The number of hydrogen-bond acceptors (Lipinski definition) is 3. The fourth-order valence-electron chi connectivity index (χ4n) is 1.41. The van der Waals surface area contributed by atoms with E-state index >= 15 is 0 Å². The summed E-state index contributed by atoms with van der Waals surface area (Å²) in [6, 6.07) is 0. The molecule has 0 heterocycles. The van der Waals surface area contributed by atoms with E-state index in [-0.39, 0.29) is 5.91 Å². The highest BCUT2D eigenvalue weighted by atomic mass is 35.5. The summed E-state index contributed by atoms with van der Waals surface area (Å²) in [5, 5.41) is 2.87. The Balaban J connectivity index is 2.97. The first-order chi connectivity index (χ1) is 8.81. The van der Waals surface area contributed by atoms with E-state index in [0.717, 1.165) is 38.8 Å². The summed E-state index contributed by atoms with van der Waals surface area (Å²) < 4.78 is 10.6. The van der Waals surface area contributed by atoms with Crippen molar-refractivity contribution in [3.63, 3.8) is 0 Å². The molecule has 18 heavy (non-hydrogen) atoms. The molecule has 0 aromatic rings. The Morgan fingerprint density at radius 2 is 1.67 bits per heavy atom. The molecule has 0 saturated carbocycles. The van der Waals surface area contributed by atoms with Crippen molar-refractivity contribution in [3.05, 3.63) is 0 Å². The second kappa shape index (κ2) is 14.7. The van der Waals surface area contributed by atoms with Gasteiger partial charge in [-0.2, -0.15) is 0 Å². The van der Waals surface area contributed by atoms with Crippen LogP contribution in [-0.4, -0.2) is 44.8 Å². The lowest BCUT2D eigenvalue weighted by Gasteiger charge is -2.05. The van der Waals surface area contributed by atoms with Gasteiger partial charge in [0.25, 0.3) is 0 Å². The van der Waals surface area contributed by atoms with Crippen LogP contribution in [0, 0.1) is 0 Å². The van der Waals surface area contributed by atoms with Crippen molar-refractivity contribution in [2.45, 2.75) is 39.0 Å². The highest BCUT2D eigenvalue weighted by Gasteiger charge is 1.95. The van der Waals surface area contributed by atoms with Crippen LogP contribution in [0.25, 0.3) is 0 Å². The van der Waals surface area contributed by atoms with Crippen LogP contribution >= 0.6 is 11.6 Å². The Morgan fingerprint density at radius 3 is 2.33 bits per heavy atom. The fourth-order valence-corrected chi connectivity index (χ4v) is 1.52. The summed E-state index contributed by atoms with van der Waals surface area (Å²) in [6.07, 6.45) is 4.96. The van der Waals surface area contributed by atoms with E-state index in [1.165, 1.54) is 0 Å². The van der Waals surface area contributed by atoms with Gasteiger partial charge in [-0.3, -0.25) is 4.79 Å². The van der Waals surface area contributed by atoms with Gasteiger partial charge in [-0.25, -0.2) is 0 Å². The van der Waals surface area contributed by atoms with Crippen molar-refractivity contribution in [2.75, 3.05) is 38.9 Å². The summed E-state index contributed by atoms with van der Waals surface area (Å²) >= 11 is 5.46. The van der Waals surface area contributed by atoms with E-state index in [1.54, 1.807) is 0 Å². The predicted octanol–water partition coefficient (Wildman–Crippen LogP) is 2.34. The van der Waals surface area contributed by atoms with Crippen molar-refractivity contribution < 1.29 is 14.3 Å². The minimum atomic E-state index is 0.135. The molecule has 0 fully saturated rings. The van der Waals surface area contributed by atoms with Crippen LogP contribution in [0.3, 0.4) is 0 Å². The number of rotatable bonds is 13. The van der Waals surface area contributed by atoms with Gasteiger partial charge in [0.2, 0.25) is 5.91 Å². The second-order valence-corrected chi connectivity index (χ2v) is 4.41. The number of halogens is 1. The molecule has 0 unspecified atom stereocenters. The van der Waals surface area contributed by atoms with E-state index in [9.17, 15) is 4.79 Å². The lowest BCUT2D eigenvalue weighted by atomic mass is 10.2. The number of carbonyl (C=O) groups excluding carboxylic acids is 1. The van der Waals surface area contributed by atoms with Crippen LogP contribution in [0.5, 0.6) is 0 Å². The molecule has 0 atom stereocenters. The third-order valence-electron chi connectivity index (χ3n) is 2.45. The van der Waals surface area contributed by atoms with Gasteiger partial charge in [-0.05, 0) is 12.8 Å². The maximum atomic E-state index is 10.9. The SMILES string of the molecule is CCC(=O)NCCCCCCOCCOCCCl. The van der Waals surface area contributed by atoms with Gasteiger partial charge in [-0.1, -0.05) is 19.8 Å². The van der Waals surface area contributed by atoms with Crippen LogP contribution in [0.4, 0.5) is 0 Å². The molecular formula is C13H26ClNO3. The molecule has 4 nitrogen and oxygen atoms in total. The summed E-state index contributed by atoms with van der Waals surface area (Å²) in [4.78, 5) is 10.9. The average molecular weight is 280 g/mol. The largest absolute Gasteiger partial charge is 0.379 e. The molecule has 0 aromatic carbocycles. The van der Waals surface area contributed by atoms with Crippen LogP contribution in [-0.2, 0) is 14.3 Å². The molecule has 108 valence electrons. The van der Waals surface area contributed by atoms with Crippen LogP contribution in [0.1, 0.15) is 39.0 Å². The summed E-state index contributed by atoms with van der Waals surface area (Å²) in [6.45, 7) is 5.29. The van der Waals surface area contributed by atoms with E-state index in [0.29, 0.717) is 32.1 Å². The molecule has 1 amide bonds. The molecule has 1 N–H and O–H groups in total. The van der Waals surface area contributed by atoms with E-state index in [1.807, 2.05) is 6.92 Å². The van der Waals surface area contributed by atoms with Gasteiger partial charge in [-0.15, -0.1) is 11.6 Å². The van der Waals surface area contributed by atoms with E-state index in [2.05, 4.69) is 5.32 Å². The van der Waals surface area contributed by atoms with Crippen LogP contribution in [0.2, 0.25) is 0 Å². The standard InChI is InChI=1S/C13H26ClNO3/c1-2-13(16)15-8-5-3-4-6-9-17-11-12-18-10-7-14/h2-12H2,1H3,(H,15,16). The molecule has 5 heteroatoms. The number of nitrogens with one attached hydrogen (secondary N) is 1. The number of amides is 1.